The lowest BCUT2D eigenvalue weighted by Gasteiger charge is -2.23. The Morgan fingerprint density at radius 1 is 1.50 bits per heavy atom. The van der Waals surface area contributed by atoms with Crippen molar-refractivity contribution in [3.63, 3.8) is 0 Å². The van der Waals surface area contributed by atoms with Gasteiger partial charge in [0.2, 0.25) is 0 Å². The summed E-state index contributed by atoms with van der Waals surface area (Å²) in [6.45, 7) is 1.21. The van der Waals surface area contributed by atoms with Gasteiger partial charge < -0.3 is 11.1 Å². The number of alkyl halides is 1. The van der Waals surface area contributed by atoms with E-state index < -0.39 is 12.2 Å². The van der Waals surface area contributed by atoms with Crippen LogP contribution in [0.4, 0.5) is 4.39 Å². The molecular weight excluding hydrogens is 131 g/mol. The highest BCUT2D eigenvalue weighted by Crippen LogP contribution is 2.13. The molecule has 10 heavy (non-hydrogen) atoms. The molecule has 1 unspecified atom stereocenters. The molecule has 0 radical (unpaired) electrons. The van der Waals surface area contributed by atoms with Crippen LogP contribution in [0.1, 0.15) is 19.3 Å². The molecule has 0 aromatic heterocycles. The Bertz CT molecular complexity index is 97.8. The molecule has 0 bridgehead atoms. The molecule has 1 rings (SSSR count). The second kappa shape index (κ2) is 3.30. The first-order chi connectivity index (χ1) is 4.77. The standard InChI is InChI=1S/C7H15FN2/c8-5-7(9)3-1-2-4-10-6-7/h10H,1-6,9H2. The summed E-state index contributed by atoms with van der Waals surface area (Å²) in [4.78, 5) is 0. The first-order valence-corrected chi connectivity index (χ1v) is 3.82. The Labute approximate surface area is 61.0 Å². The van der Waals surface area contributed by atoms with Gasteiger partial charge in [-0.15, -0.1) is 0 Å². The van der Waals surface area contributed by atoms with Crippen LogP contribution in [0.5, 0.6) is 0 Å². The number of nitrogens with one attached hydrogen (secondary N) is 1. The molecule has 3 N–H and O–H groups in total. The van der Waals surface area contributed by atoms with Crippen molar-refractivity contribution in [3.8, 4) is 0 Å². The van der Waals surface area contributed by atoms with Crippen LogP contribution in [0.2, 0.25) is 0 Å². The molecular formula is C7H15FN2. The van der Waals surface area contributed by atoms with Crippen molar-refractivity contribution >= 4 is 0 Å². The second-order valence-corrected chi connectivity index (χ2v) is 3.13. The van der Waals surface area contributed by atoms with Gasteiger partial charge >= 0.3 is 0 Å². The molecule has 0 aliphatic carbocycles. The first kappa shape index (κ1) is 7.95. The third-order valence-electron chi connectivity index (χ3n) is 2.02. The third kappa shape index (κ3) is 1.92. The summed E-state index contributed by atoms with van der Waals surface area (Å²) in [5, 5.41) is 3.12. The molecule has 1 saturated heterocycles. The maximum Gasteiger partial charge on any atom is 0.109 e. The van der Waals surface area contributed by atoms with E-state index in [1.807, 2.05) is 0 Å². The van der Waals surface area contributed by atoms with Gasteiger partial charge in [-0.2, -0.15) is 0 Å². The Hall–Kier alpha value is -0.150. The smallest absolute Gasteiger partial charge is 0.109 e. The summed E-state index contributed by atoms with van der Waals surface area (Å²) < 4.78 is 12.3. The molecule has 1 fully saturated rings. The number of hydrogen-bond donors (Lipinski definition) is 2. The van der Waals surface area contributed by atoms with Crippen LogP contribution in [0.3, 0.4) is 0 Å². The average Bonchev–Trinajstić information content (AvgIpc) is 2.15. The largest absolute Gasteiger partial charge is 0.322 e. The maximum atomic E-state index is 12.3. The molecule has 1 aliphatic heterocycles. The predicted octanol–water partition coefficient (Wildman–Crippen LogP) is 0.427. The average molecular weight is 146 g/mol. The minimum atomic E-state index is -0.573. The molecule has 3 heteroatoms. The van der Waals surface area contributed by atoms with Crippen molar-refractivity contribution < 1.29 is 4.39 Å². The topological polar surface area (TPSA) is 38.0 Å². The summed E-state index contributed by atoms with van der Waals surface area (Å²) in [7, 11) is 0. The number of rotatable bonds is 1. The van der Waals surface area contributed by atoms with Crippen LogP contribution in [-0.4, -0.2) is 25.3 Å². The first-order valence-electron chi connectivity index (χ1n) is 3.82. The molecule has 0 spiro atoms. The fraction of sp³-hybridized carbons (Fsp3) is 1.00. The third-order valence-corrected chi connectivity index (χ3v) is 2.02. The van der Waals surface area contributed by atoms with Gasteiger partial charge in [0.1, 0.15) is 6.67 Å². The zero-order valence-corrected chi connectivity index (χ0v) is 6.20. The Kier molecular flexibility index (Phi) is 2.63. The zero-order chi connectivity index (χ0) is 7.45. The number of hydrogen-bond acceptors (Lipinski definition) is 2. The molecule has 0 amide bonds. The van der Waals surface area contributed by atoms with Gasteiger partial charge in [-0.25, -0.2) is 4.39 Å². The van der Waals surface area contributed by atoms with Crippen molar-refractivity contribution in [2.24, 2.45) is 5.73 Å². The zero-order valence-electron chi connectivity index (χ0n) is 6.20. The quantitative estimate of drug-likeness (QED) is 0.563. The van der Waals surface area contributed by atoms with E-state index in [2.05, 4.69) is 5.32 Å². The maximum absolute atomic E-state index is 12.3. The van der Waals surface area contributed by atoms with Gasteiger partial charge in [0, 0.05) is 6.54 Å². The van der Waals surface area contributed by atoms with Crippen molar-refractivity contribution in [2.45, 2.75) is 24.8 Å². The normalized spacial score (nSPS) is 35.4. The highest BCUT2D eigenvalue weighted by Gasteiger charge is 2.25. The van der Waals surface area contributed by atoms with Crippen LogP contribution < -0.4 is 11.1 Å². The Balaban J connectivity index is 2.41. The molecule has 60 valence electrons. The summed E-state index contributed by atoms with van der Waals surface area (Å²) in [6.07, 6.45) is 2.99. The Morgan fingerprint density at radius 3 is 3.00 bits per heavy atom. The minimum Gasteiger partial charge on any atom is -0.322 e. The van der Waals surface area contributed by atoms with Gasteiger partial charge in [0.05, 0.1) is 5.54 Å². The molecule has 0 aromatic carbocycles. The van der Waals surface area contributed by atoms with Crippen molar-refractivity contribution in [1.82, 2.24) is 5.32 Å². The molecule has 1 heterocycles. The predicted molar refractivity (Wildman–Crippen MR) is 39.6 cm³/mol. The van der Waals surface area contributed by atoms with Crippen LogP contribution >= 0.6 is 0 Å². The minimum absolute atomic E-state index is 0.403. The van der Waals surface area contributed by atoms with Gasteiger partial charge in [-0.1, -0.05) is 6.42 Å². The van der Waals surface area contributed by atoms with E-state index in [1.165, 1.54) is 0 Å². The summed E-state index contributed by atoms with van der Waals surface area (Å²) in [5.41, 5.74) is 5.15. The lowest BCUT2D eigenvalue weighted by molar-refractivity contribution is 0.288. The fourth-order valence-electron chi connectivity index (χ4n) is 1.27. The lowest BCUT2D eigenvalue weighted by Crippen LogP contribution is -2.49. The second-order valence-electron chi connectivity index (χ2n) is 3.13. The molecule has 2 nitrogen and oxygen atoms in total. The molecule has 1 atom stereocenters. The molecule has 0 aromatic rings. The summed E-state index contributed by atoms with van der Waals surface area (Å²) in [5.74, 6) is 0. The Morgan fingerprint density at radius 2 is 2.30 bits per heavy atom. The SMILES string of the molecule is NC1(CF)CCCCNC1. The van der Waals surface area contributed by atoms with Crippen LogP contribution in [0.15, 0.2) is 0 Å². The van der Waals surface area contributed by atoms with Crippen LogP contribution in [0, 0.1) is 0 Å². The van der Waals surface area contributed by atoms with Gasteiger partial charge in [-0.3, -0.25) is 0 Å². The van der Waals surface area contributed by atoms with E-state index in [9.17, 15) is 4.39 Å². The van der Waals surface area contributed by atoms with E-state index in [0.29, 0.717) is 6.54 Å². The van der Waals surface area contributed by atoms with Crippen molar-refractivity contribution in [1.29, 1.82) is 0 Å². The van der Waals surface area contributed by atoms with Crippen LogP contribution in [0.25, 0.3) is 0 Å². The lowest BCUT2D eigenvalue weighted by atomic mass is 9.97. The van der Waals surface area contributed by atoms with Crippen molar-refractivity contribution in [3.05, 3.63) is 0 Å². The fourth-order valence-corrected chi connectivity index (χ4v) is 1.27. The monoisotopic (exact) mass is 146 g/mol. The number of halogens is 1. The van der Waals surface area contributed by atoms with Gasteiger partial charge in [-0.05, 0) is 19.4 Å². The number of nitrogens with two attached hydrogens (primary N) is 1. The van der Waals surface area contributed by atoms with E-state index in [1.54, 1.807) is 0 Å². The van der Waals surface area contributed by atoms with Crippen molar-refractivity contribution in [2.75, 3.05) is 19.8 Å². The summed E-state index contributed by atoms with van der Waals surface area (Å²) in [6, 6.07) is 0. The van der Waals surface area contributed by atoms with Gasteiger partial charge in [0.15, 0.2) is 0 Å². The van der Waals surface area contributed by atoms with E-state index in [-0.39, 0.29) is 0 Å². The van der Waals surface area contributed by atoms with E-state index in [4.69, 9.17) is 5.73 Å². The molecule has 0 saturated carbocycles. The van der Waals surface area contributed by atoms with Gasteiger partial charge in [0.25, 0.3) is 0 Å². The van der Waals surface area contributed by atoms with Crippen LogP contribution in [-0.2, 0) is 0 Å². The van der Waals surface area contributed by atoms with E-state index >= 15 is 0 Å². The summed E-state index contributed by atoms with van der Waals surface area (Å²) >= 11 is 0. The highest BCUT2D eigenvalue weighted by molar-refractivity contribution is 4.87. The van der Waals surface area contributed by atoms with E-state index in [0.717, 1.165) is 25.8 Å². The highest BCUT2D eigenvalue weighted by atomic mass is 19.1. The molecule has 1 aliphatic rings.